The monoisotopic (exact) mass is 334 g/mol. The average Bonchev–Trinajstić information content (AvgIpc) is 2.44. The van der Waals surface area contributed by atoms with Gasteiger partial charge in [-0.1, -0.05) is 29.8 Å². The summed E-state index contributed by atoms with van der Waals surface area (Å²) in [6.45, 7) is 0.00809. The van der Waals surface area contributed by atoms with Crippen molar-refractivity contribution in [3.63, 3.8) is 0 Å². The van der Waals surface area contributed by atoms with E-state index in [1.54, 1.807) is 24.3 Å². The van der Waals surface area contributed by atoms with Gasteiger partial charge in [-0.3, -0.25) is 0 Å². The lowest BCUT2D eigenvalue weighted by Crippen LogP contribution is -2.06. The summed E-state index contributed by atoms with van der Waals surface area (Å²) in [6, 6.07) is 10.0. The molecular weight excluding hydrogens is 324 g/mol. The Labute approximate surface area is 130 Å². The Bertz CT molecular complexity index is 627. The molecule has 0 saturated carbocycles. The summed E-state index contributed by atoms with van der Waals surface area (Å²) in [5.74, 6) is 0.632. The summed E-state index contributed by atoms with van der Waals surface area (Å²) >= 11 is 11.8. The van der Waals surface area contributed by atoms with Crippen LogP contribution in [-0.4, -0.2) is 0 Å². The zero-order valence-corrected chi connectivity index (χ0v) is 12.3. The van der Waals surface area contributed by atoms with Gasteiger partial charge in [0.05, 0.1) is 11.4 Å². The Morgan fingerprint density at radius 3 is 2.43 bits per heavy atom. The molecule has 0 aliphatic heterocycles. The van der Waals surface area contributed by atoms with Crippen molar-refractivity contribution in [2.45, 2.75) is 18.7 Å². The van der Waals surface area contributed by atoms with Gasteiger partial charge in [0.25, 0.3) is 0 Å². The van der Waals surface area contributed by atoms with Crippen LogP contribution in [0.4, 0.5) is 13.2 Å². The molecule has 2 aromatic carbocycles. The molecule has 0 unspecified atom stereocenters. The van der Waals surface area contributed by atoms with Crippen molar-refractivity contribution in [3.8, 4) is 5.75 Å². The predicted octanol–water partition coefficient (Wildman–Crippen LogP) is 5.68. The molecule has 6 heteroatoms. The van der Waals surface area contributed by atoms with E-state index >= 15 is 0 Å². The number of halogens is 5. The molecule has 0 aromatic heterocycles. The van der Waals surface area contributed by atoms with Crippen LogP contribution in [0.5, 0.6) is 5.75 Å². The quantitative estimate of drug-likeness (QED) is 0.654. The second-order valence-electron chi connectivity index (χ2n) is 4.34. The number of alkyl halides is 4. The highest BCUT2D eigenvalue weighted by Gasteiger charge is 2.30. The molecule has 0 fully saturated rings. The minimum atomic E-state index is -4.37. The van der Waals surface area contributed by atoms with Crippen LogP contribution in [0, 0.1) is 0 Å². The third-order valence-electron chi connectivity index (χ3n) is 2.86. The van der Waals surface area contributed by atoms with E-state index in [2.05, 4.69) is 0 Å². The Morgan fingerprint density at radius 1 is 1.05 bits per heavy atom. The highest BCUT2D eigenvalue weighted by molar-refractivity contribution is 6.32. The van der Waals surface area contributed by atoms with Crippen LogP contribution in [-0.2, 0) is 18.7 Å². The van der Waals surface area contributed by atoms with Crippen LogP contribution in [0.1, 0.15) is 16.7 Å². The van der Waals surface area contributed by atoms with Crippen molar-refractivity contribution in [3.05, 3.63) is 64.2 Å². The van der Waals surface area contributed by atoms with Crippen LogP contribution in [0.25, 0.3) is 0 Å². The van der Waals surface area contributed by atoms with Crippen molar-refractivity contribution in [1.82, 2.24) is 0 Å². The third kappa shape index (κ3) is 4.05. The summed E-state index contributed by atoms with van der Waals surface area (Å²) in [5.41, 5.74) is 0.338. The van der Waals surface area contributed by atoms with Crippen molar-refractivity contribution in [2.24, 2.45) is 0 Å². The summed E-state index contributed by atoms with van der Waals surface area (Å²) in [4.78, 5) is 0. The van der Waals surface area contributed by atoms with Crippen molar-refractivity contribution < 1.29 is 17.9 Å². The van der Waals surface area contributed by atoms with E-state index in [1.807, 2.05) is 0 Å². The van der Waals surface area contributed by atoms with E-state index in [0.717, 1.165) is 12.1 Å². The molecule has 2 rings (SSSR count). The molecule has 112 valence electrons. The van der Waals surface area contributed by atoms with Crippen molar-refractivity contribution in [2.75, 3.05) is 0 Å². The highest BCUT2D eigenvalue weighted by Crippen LogP contribution is 2.31. The van der Waals surface area contributed by atoms with Crippen LogP contribution in [0.3, 0.4) is 0 Å². The average molecular weight is 335 g/mol. The third-order valence-corrected chi connectivity index (χ3v) is 3.48. The first-order valence-corrected chi connectivity index (χ1v) is 6.95. The number of ether oxygens (including phenoxy) is 1. The topological polar surface area (TPSA) is 9.23 Å². The van der Waals surface area contributed by atoms with Gasteiger partial charge in [-0.25, -0.2) is 0 Å². The van der Waals surface area contributed by atoms with Gasteiger partial charge in [0.2, 0.25) is 0 Å². The van der Waals surface area contributed by atoms with Crippen LogP contribution >= 0.6 is 23.2 Å². The largest absolute Gasteiger partial charge is 0.489 e. The zero-order valence-electron chi connectivity index (χ0n) is 10.8. The van der Waals surface area contributed by atoms with Gasteiger partial charge in [0.15, 0.2) is 0 Å². The molecule has 1 nitrogen and oxygen atoms in total. The Balaban J connectivity index is 2.16. The molecule has 0 atom stereocenters. The predicted molar refractivity (Wildman–Crippen MR) is 76.8 cm³/mol. The maximum absolute atomic E-state index is 12.6. The van der Waals surface area contributed by atoms with Gasteiger partial charge in [0, 0.05) is 10.6 Å². The fourth-order valence-corrected chi connectivity index (χ4v) is 2.38. The Hall–Kier alpha value is -1.39. The molecule has 2 aromatic rings. The van der Waals surface area contributed by atoms with E-state index in [-0.39, 0.29) is 12.5 Å². The van der Waals surface area contributed by atoms with Crippen molar-refractivity contribution >= 4 is 23.2 Å². The fraction of sp³-hybridized carbons (Fsp3) is 0.200. The van der Waals surface area contributed by atoms with Crippen LogP contribution < -0.4 is 4.74 Å². The molecule has 0 spiro atoms. The summed E-state index contributed by atoms with van der Waals surface area (Å²) in [5, 5.41) is 0.464. The molecule has 0 bridgehead atoms. The number of hydrogen-bond donors (Lipinski definition) is 0. The second kappa shape index (κ2) is 6.58. The molecule has 0 amide bonds. The second-order valence-corrected chi connectivity index (χ2v) is 5.01. The number of benzene rings is 2. The SMILES string of the molecule is FC(F)(F)c1cccc(COc2cccc(Cl)c2CCl)c1. The van der Waals surface area contributed by atoms with E-state index in [1.165, 1.54) is 6.07 Å². The molecule has 0 radical (unpaired) electrons. The van der Waals surface area contributed by atoms with Gasteiger partial charge < -0.3 is 4.74 Å². The van der Waals surface area contributed by atoms with E-state index in [9.17, 15) is 13.2 Å². The molecule has 0 aliphatic rings. The number of rotatable bonds is 4. The fourth-order valence-electron chi connectivity index (χ4n) is 1.80. The molecule has 0 heterocycles. The van der Waals surface area contributed by atoms with Crippen molar-refractivity contribution in [1.29, 1.82) is 0 Å². The normalized spacial score (nSPS) is 11.5. The Kier molecular flexibility index (Phi) is 5.01. The summed E-state index contributed by atoms with van der Waals surface area (Å²) in [6.07, 6.45) is -4.37. The highest BCUT2D eigenvalue weighted by atomic mass is 35.5. The van der Waals surface area contributed by atoms with Gasteiger partial charge >= 0.3 is 6.18 Å². The smallest absolute Gasteiger partial charge is 0.416 e. The molecular formula is C15H11Cl2F3O. The Morgan fingerprint density at radius 2 is 1.76 bits per heavy atom. The minimum Gasteiger partial charge on any atom is -0.489 e. The standard InChI is InChI=1S/C15H11Cl2F3O/c16-8-12-13(17)5-2-6-14(12)21-9-10-3-1-4-11(7-10)15(18,19)20/h1-7H,8-9H2. The molecule has 0 saturated heterocycles. The molecule has 0 aliphatic carbocycles. The van der Waals surface area contributed by atoms with E-state index in [4.69, 9.17) is 27.9 Å². The summed E-state index contributed by atoms with van der Waals surface area (Å²) in [7, 11) is 0. The first-order valence-electron chi connectivity index (χ1n) is 6.04. The van der Waals surface area contributed by atoms with Gasteiger partial charge in [-0.2, -0.15) is 13.2 Å². The zero-order chi connectivity index (χ0) is 15.5. The lowest BCUT2D eigenvalue weighted by molar-refractivity contribution is -0.137. The lowest BCUT2D eigenvalue weighted by atomic mass is 10.1. The lowest BCUT2D eigenvalue weighted by Gasteiger charge is -2.12. The van der Waals surface area contributed by atoms with E-state index < -0.39 is 11.7 Å². The first-order chi connectivity index (χ1) is 9.91. The first kappa shape index (κ1) is 16.0. The maximum Gasteiger partial charge on any atom is 0.416 e. The van der Waals surface area contributed by atoms with E-state index in [0.29, 0.717) is 21.9 Å². The van der Waals surface area contributed by atoms with Crippen LogP contribution in [0.2, 0.25) is 5.02 Å². The van der Waals surface area contributed by atoms with Gasteiger partial charge in [-0.15, -0.1) is 11.6 Å². The molecule has 21 heavy (non-hydrogen) atoms. The number of hydrogen-bond acceptors (Lipinski definition) is 1. The minimum absolute atomic E-state index is 0.00809. The van der Waals surface area contributed by atoms with Gasteiger partial charge in [0.1, 0.15) is 12.4 Å². The van der Waals surface area contributed by atoms with Crippen LogP contribution in [0.15, 0.2) is 42.5 Å². The van der Waals surface area contributed by atoms with Gasteiger partial charge in [-0.05, 0) is 29.8 Å². The molecule has 0 N–H and O–H groups in total. The maximum atomic E-state index is 12.6. The summed E-state index contributed by atoms with van der Waals surface area (Å²) < 4.78 is 43.4.